The molecule has 136 valence electrons. The van der Waals surface area contributed by atoms with Crippen LogP contribution < -0.4 is 0 Å². The fourth-order valence-corrected chi connectivity index (χ4v) is 2.06. The minimum absolute atomic E-state index is 0. The third kappa shape index (κ3) is 7.55. The molecule has 4 nitrogen and oxygen atoms in total. The van der Waals surface area contributed by atoms with Crippen molar-refractivity contribution in [2.24, 2.45) is 0 Å². The van der Waals surface area contributed by atoms with Gasteiger partial charge in [0, 0.05) is 24.8 Å². The zero-order chi connectivity index (χ0) is 16.5. The minimum Gasteiger partial charge on any atom is -0.358 e. The van der Waals surface area contributed by atoms with Crippen LogP contribution in [0.2, 0.25) is 0 Å². The number of hydrogen-bond donors (Lipinski definition) is 0. The summed E-state index contributed by atoms with van der Waals surface area (Å²) < 4.78 is 0. The third-order valence-corrected chi connectivity index (χ3v) is 3.18. The van der Waals surface area contributed by atoms with E-state index in [2.05, 4.69) is 19.9 Å². The van der Waals surface area contributed by atoms with Gasteiger partial charge in [0.25, 0.3) is 0 Å². The SMILES string of the molecule is [CH3-].[CH3-].[Ru+4].c1ccc(-c2ccccn2)nc1.c1ccc(-c2ccccn2)nc1. The first-order valence-corrected chi connectivity index (χ1v) is 7.58. The van der Waals surface area contributed by atoms with E-state index in [1.165, 1.54) is 0 Å². The summed E-state index contributed by atoms with van der Waals surface area (Å²) in [6.07, 6.45) is 7.07. The van der Waals surface area contributed by atoms with Gasteiger partial charge in [-0.05, 0) is 48.5 Å². The van der Waals surface area contributed by atoms with Crippen LogP contribution in [0.4, 0.5) is 0 Å². The summed E-state index contributed by atoms with van der Waals surface area (Å²) in [7, 11) is 0. The van der Waals surface area contributed by atoms with Crippen LogP contribution in [0.15, 0.2) is 97.6 Å². The second kappa shape index (κ2) is 13.4. The van der Waals surface area contributed by atoms with Crippen LogP contribution in [0.1, 0.15) is 0 Å². The Morgan fingerprint density at radius 1 is 0.370 bits per heavy atom. The number of hydrogen-bond acceptors (Lipinski definition) is 4. The van der Waals surface area contributed by atoms with Gasteiger partial charge >= 0.3 is 19.5 Å². The molecule has 0 aliphatic carbocycles. The van der Waals surface area contributed by atoms with Crippen LogP contribution in [-0.2, 0) is 19.5 Å². The van der Waals surface area contributed by atoms with E-state index >= 15 is 0 Å². The molecule has 0 bridgehead atoms. The Balaban J connectivity index is 0.000000451. The molecule has 0 saturated carbocycles. The maximum atomic E-state index is 4.19. The van der Waals surface area contributed by atoms with Gasteiger partial charge in [-0.15, -0.1) is 0 Å². The quantitative estimate of drug-likeness (QED) is 0.316. The van der Waals surface area contributed by atoms with E-state index in [4.69, 9.17) is 0 Å². The molecule has 4 aromatic rings. The summed E-state index contributed by atoms with van der Waals surface area (Å²) >= 11 is 0. The molecule has 4 heterocycles. The second-order valence-electron chi connectivity index (χ2n) is 4.86. The predicted octanol–water partition coefficient (Wildman–Crippen LogP) is 5.19. The van der Waals surface area contributed by atoms with E-state index < -0.39 is 0 Å². The van der Waals surface area contributed by atoms with Crippen molar-refractivity contribution < 1.29 is 19.5 Å². The Morgan fingerprint density at radius 2 is 0.593 bits per heavy atom. The first-order chi connectivity index (χ1) is 11.9. The van der Waals surface area contributed by atoms with Crippen LogP contribution in [0.3, 0.4) is 0 Å². The molecule has 0 saturated heterocycles. The average molecular weight is 444 g/mol. The van der Waals surface area contributed by atoms with E-state index in [1.807, 2.05) is 72.8 Å². The number of rotatable bonds is 2. The van der Waals surface area contributed by atoms with Gasteiger partial charge in [0.05, 0.1) is 22.8 Å². The maximum Gasteiger partial charge on any atom is 4.00 e. The summed E-state index contributed by atoms with van der Waals surface area (Å²) in [5.41, 5.74) is 3.66. The molecule has 0 unspecified atom stereocenters. The second-order valence-corrected chi connectivity index (χ2v) is 4.86. The van der Waals surface area contributed by atoms with Gasteiger partial charge in [0.1, 0.15) is 0 Å². The van der Waals surface area contributed by atoms with Crippen molar-refractivity contribution in [1.82, 2.24) is 19.9 Å². The Labute approximate surface area is 174 Å². The van der Waals surface area contributed by atoms with E-state index in [-0.39, 0.29) is 34.3 Å². The summed E-state index contributed by atoms with van der Waals surface area (Å²) in [4.78, 5) is 16.7. The van der Waals surface area contributed by atoms with Gasteiger partial charge in [0.2, 0.25) is 0 Å². The monoisotopic (exact) mass is 444 g/mol. The molecular formula is C22H22N4Ru+2. The standard InChI is InChI=1S/2C10H8N2.2CH3.Ru/c2*1-3-7-11-9(5-1)10-6-2-4-8-12-10;;;/h2*1-8H;2*1H3;/q;;2*-1;+4. The summed E-state index contributed by atoms with van der Waals surface area (Å²) in [6.45, 7) is 0. The summed E-state index contributed by atoms with van der Waals surface area (Å²) in [6, 6.07) is 23.2. The van der Waals surface area contributed by atoms with Crippen molar-refractivity contribution in [3.63, 3.8) is 0 Å². The molecule has 0 atom stereocenters. The largest absolute Gasteiger partial charge is 4.00 e. The molecule has 4 aromatic heterocycles. The molecule has 0 fully saturated rings. The molecular weight excluding hydrogens is 421 g/mol. The first-order valence-electron chi connectivity index (χ1n) is 7.58. The molecule has 0 N–H and O–H groups in total. The molecule has 0 aromatic carbocycles. The average Bonchev–Trinajstić information content (AvgIpc) is 2.71. The Bertz CT molecular complexity index is 692. The molecule has 0 spiro atoms. The molecule has 0 amide bonds. The van der Waals surface area contributed by atoms with Crippen LogP contribution in [0.5, 0.6) is 0 Å². The topological polar surface area (TPSA) is 51.6 Å². The van der Waals surface area contributed by atoms with Gasteiger partial charge in [-0.1, -0.05) is 24.3 Å². The van der Waals surface area contributed by atoms with E-state index in [1.54, 1.807) is 24.8 Å². The van der Waals surface area contributed by atoms with Crippen molar-refractivity contribution >= 4 is 0 Å². The van der Waals surface area contributed by atoms with Crippen molar-refractivity contribution in [2.45, 2.75) is 0 Å². The van der Waals surface area contributed by atoms with E-state index in [0.717, 1.165) is 22.8 Å². The summed E-state index contributed by atoms with van der Waals surface area (Å²) in [5.74, 6) is 0. The molecule has 4 rings (SSSR count). The minimum atomic E-state index is 0. The number of pyridine rings is 4. The number of aromatic nitrogens is 4. The van der Waals surface area contributed by atoms with E-state index in [9.17, 15) is 0 Å². The van der Waals surface area contributed by atoms with Crippen molar-refractivity contribution in [2.75, 3.05) is 0 Å². The van der Waals surface area contributed by atoms with Crippen LogP contribution in [-0.4, -0.2) is 19.9 Å². The van der Waals surface area contributed by atoms with Crippen molar-refractivity contribution in [3.8, 4) is 22.8 Å². The van der Waals surface area contributed by atoms with Gasteiger partial charge in [-0.25, -0.2) is 0 Å². The first kappa shape index (κ1) is 24.2. The van der Waals surface area contributed by atoms with Gasteiger partial charge < -0.3 is 14.9 Å². The predicted molar refractivity (Wildman–Crippen MR) is 108 cm³/mol. The van der Waals surface area contributed by atoms with Crippen LogP contribution in [0, 0.1) is 14.9 Å². The summed E-state index contributed by atoms with van der Waals surface area (Å²) in [5, 5.41) is 0. The van der Waals surface area contributed by atoms with Crippen LogP contribution >= 0.6 is 0 Å². The fourth-order valence-electron chi connectivity index (χ4n) is 2.06. The molecule has 5 heteroatoms. The van der Waals surface area contributed by atoms with Gasteiger partial charge in [-0.2, -0.15) is 0 Å². The van der Waals surface area contributed by atoms with E-state index in [0.29, 0.717) is 0 Å². The van der Waals surface area contributed by atoms with Crippen molar-refractivity contribution in [3.05, 3.63) is 112 Å². The van der Waals surface area contributed by atoms with Gasteiger partial charge in [-0.3, -0.25) is 19.9 Å². The Hall–Kier alpha value is -2.78. The Morgan fingerprint density at radius 3 is 0.741 bits per heavy atom. The van der Waals surface area contributed by atoms with Gasteiger partial charge in [0.15, 0.2) is 0 Å². The van der Waals surface area contributed by atoms with Crippen LogP contribution in [0.25, 0.3) is 22.8 Å². The number of nitrogens with zero attached hydrogens (tertiary/aromatic N) is 4. The normalized spacial score (nSPS) is 8.59. The zero-order valence-corrected chi connectivity index (χ0v) is 17.1. The Kier molecular flexibility index (Phi) is 12.0. The molecule has 0 aliphatic heterocycles. The molecule has 0 radical (unpaired) electrons. The molecule has 27 heavy (non-hydrogen) atoms. The van der Waals surface area contributed by atoms with Crippen molar-refractivity contribution in [1.29, 1.82) is 0 Å². The zero-order valence-electron chi connectivity index (χ0n) is 15.4. The molecule has 0 aliphatic rings. The smallest absolute Gasteiger partial charge is 0.358 e. The fraction of sp³-hybridized carbons (Fsp3) is 0. The third-order valence-electron chi connectivity index (χ3n) is 3.18. The maximum absolute atomic E-state index is 4.19.